The van der Waals surface area contributed by atoms with Crippen molar-refractivity contribution in [3.05, 3.63) is 72.3 Å². The van der Waals surface area contributed by atoms with Crippen molar-refractivity contribution >= 4 is 26.7 Å². The number of ether oxygens (including phenoxy) is 1. The lowest BCUT2D eigenvalue weighted by Crippen LogP contribution is -2.44. The van der Waals surface area contributed by atoms with E-state index in [0.29, 0.717) is 44.0 Å². The van der Waals surface area contributed by atoms with Crippen molar-refractivity contribution in [3.8, 4) is 5.75 Å². The van der Waals surface area contributed by atoms with Gasteiger partial charge >= 0.3 is 0 Å². The van der Waals surface area contributed by atoms with Crippen LogP contribution < -0.4 is 4.74 Å². The summed E-state index contributed by atoms with van der Waals surface area (Å²) in [7, 11) is -1.80. The Kier molecular flexibility index (Phi) is 7.00. The van der Waals surface area contributed by atoms with Crippen molar-refractivity contribution < 1.29 is 17.9 Å². The number of hydrogen-bond acceptors (Lipinski definition) is 4. The smallest absolute Gasteiger partial charge is 0.243 e. The molecule has 0 unspecified atom stereocenters. The molecule has 0 bridgehead atoms. The molecule has 3 aromatic rings. The number of fused-ring (bicyclic) bond motifs is 1. The zero-order valence-electron chi connectivity index (χ0n) is 19.1. The average molecular weight is 467 g/mol. The number of para-hydroxylation sites is 1. The number of benzene rings is 3. The van der Waals surface area contributed by atoms with Gasteiger partial charge in [-0.15, -0.1) is 0 Å². The molecule has 174 valence electrons. The summed E-state index contributed by atoms with van der Waals surface area (Å²) in [5, 5.41) is 1.91. The normalized spacial score (nSPS) is 15.5. The molecule has 0 spiro atoms. The van der Waals surface area contributed by atoms with Crippen LogP contribution >= 0.6 is 0 Å². The molecule has 1 heterocycles. The first-order valence-corrected chi connectivity index (χ1v) is 12.7. The first-order chi connectivity index (χ1) is 15.9. The first kappa shape index (κ1) is 23.3. The molecule has 1 saturated heterocycles. The zero-order valence-corrected chi connectivity index (χ0v) is 19.9. The Bertz CT molecular complexity index is 1230. The second-order valence-corrected chi connectivity index (χ2v) is 10.5. The lowest BCUT2D eigenvalue weighted by atomic mass is 9.97. The molecule has 1 amide bonds. The number of hydrogen-bond donors (Lipinski definition) is 0. The summed E-state index contributed by atoms with van der Waals surface area (Å²) < 4.78 is 33.6. The quantitative estimate of drug-likeness (QED) is 0.526. The molecule has 1 aliphatic heterocycles. The summed E-state index contributed by atoms with van der Waals surface area (Å²) in [5.74, 6) is 0.702. The summed E-state index contributed by atoms with van der Waals surface area (Å²) in [6, 6.07) is 20.7. The number of sulfonamides is 1. The summed E-state index contributed by atoms with van der Waals surface area (Å²) in [6.45, 7) is 3.59. The lowest BCUT2D eigenvalue weighted by Gasteiger charge is -2.32. The molecule has 0 aliphatic carbocycles. The van der Waals surface area contributed by atoms with Crippen molar-refractivity contribution in [2.24, 2.45) is 5.92 Å². The molecule has 4 rings (SSSR count). The van der Waals surface area contributed by atoms with Crippen LogP contribution in [0.2, 0.25) is 0 Å². The van der Waals surface area contributed by atoms with Crippen molar-refractivity contribution in [2.75, 3.05) is 33.3 Å². The molecule has 0 N–H and O–H groups in total. The highest BCUT2D eigenvalue weighted by molar-refractivity contribution is 7.89. The molecule has 0 aromatic heterocycles. The SMILES string of the molecule is Cc1ccccc1OCCN(C)C(=O)C1CCN(S(=O)(=O)c2ccc3ccccc3c2)CC1. The van der Waals surface area contributed by atoms with Gasteiger partial charge in [0.15, 0.2) is 0 Å². The Hall–Kier alpha value is -2.90. The van der Waals surface area contributed by atoms with E-state index in [9.17, 15) is 13.2 Å². The monoisotopic (exact) mass is 466 g/mol. The van der Waals surface area contributed by atoms with Gasteiger partial charge in [-0.3, -0.25) is 4.79 Å². The highest BCUT2D eigenvalue weighted by Gasteiger charge is 2.33. The van der Waals surface area contributed by atoms with Gasteiger partial charge in [-0.25, -0.2) is 8.42 Å². The highest BCUT2D eigenvalue weighted by atomic mass is 32.2. The molecule has 7 heteroatoms. The average Bonchev–Trinajstić information content (AvgIpc) is 2.84. The van der Waals surface area contributed by atoms with Crippen LogP contribution in [-0.2, 0) is 14.8 Å². The van der Waals surface area contributed by atoms with Crippen LogP contribution in [0.25, 0.3) is 10.8 Å². The minimum absolute atomic E-state index is 0.0473. The minimum Gasteiger partial charge on any atom is -0.491 e. The van der Waals surface area contributed by atoms with Gasteiger partial charge in [0.1, 0.15) is 12.4 Å². The van der Waals surface area contributed by atoms with Crippen LogP contribution in [0.5, 0.6) is 5.75 Å². The maximum atomic E-state index is 13.2. The second-order valence-electron chi connectivity index (χ2n) is 8.56. The van der Waals surface area contributed by atoms with Crippen molar-refractivity contribution in [2.45, 2.75) is 24.7 Å². The van der Waals surface area contributed by atoms with Gasteiger partial charge in [0.05, 0.1) is 11.4 Å². The fourth-order valence-electron chi connectivity index (χ4n) is 4.25. The van der Waals surface area contributed by atoms with Gasteiger partial charge in [0.25, 0.3) is 0 Å². The maximum Gasteiger partial charge on any atom is 0.243 e. The summed E-state index contributed by atoms with van der Waals surface area (Å²) in [6.07, 6.45) is 1.04. The van der Waals surface area contributed by atoms with Gasteiger partial charge in [-0.1, -0.05) is 48.5 Å². The number of nitrogens with zero attached hydrogens (tertiary/aromatic N) is 2. The predicted molar refractivity (Wildman–Crippen MR) is 130 cm³/mol. The topological polar surface area (TPSA) is 66.9 Å². The van der Waals surface area contributed by atoms with Crippen molar-refractivity contribution in [1.29, 1.82) is 0 Å². The standard InChI is InChI=1S/C26H30N2O4S/c1-20-7-3-6-10-25(20)32-18-17-27(2)26(29)22-13-15-28(16-14-22)33(30,31)24-12-11-21-8-4-5-9-23(21)19-24/h3-12,19,22H,13-18H2,1-2H3. The van der Waals surface area contributed by atoms with Crippen LogP contribution in [0, 0.1) is 12.8 Å². The Morgan fingerprint density at radius 1 is 1.00 bits per heavy atom. The van der Waals surface area contributed by atoms with E-state index < -0.39 is 10.0 Å². The van der Waals surface area contributed by atoms with Crippen LogP contribution in [0.1, 0.15) is 18.4 Å². The molecular weight excluding hydrogens is 436 g/mol. The Morgan fingerprint density at radius 2 is 1.67 bits per heavy atom. The molecule has 1 fully saturated rings. The predicted octanol–water partition coefficient (Wildman–Crippen LogP) is 4.09. The van der Waals surface area contributed by atoms with E-state index in [1.54, 1.807) is 24.1 Å². The molecule has 0 radical (unpaired) electrons. The van der Waals surface area contributed by atoms with Crippen LogP contribution in [-0.4, -0.2) is 56.8 Å². The van der Waals surface area contributed by atoms with E-state index in [4.69, 9.17) is 4.74 Å². The minimum atomic E-state index is -3.58. The Labute approximate surface area is 195 Å². The summed E-state index contributed by atoms with van der Waals surface area (Å²) >= 11 is 0. The van der Waals surface area contributed by atoms with E-state index in [-0.39, 0.29) is 11.8 Å². The number of carbonyl (C=O) groups is 1. The van der Waals surface area contributed by atoms with Crippen LogP contribution in [0.4, 0.5) is 0 Å². The molecule has 3 aromatic carbocycles. The van der Waals surface area contributed by atoms with Crippen molar-refractivity contribution in [1.82, 2.24) is 9.21 Å². The number of likely N-dealkylation sites (N-methyl/N-ethyl adjacent to an activating group) is 1. The van der Waals surface area contributed by atoms with Gasteiger partial charge in [-0.2, -0.15) is 4.31 Å². The molecular formula is C26H30N2O4S. The number of piperidine rings is 1. The van der Waals surface area contributed by atoms with Crippen LogP contribution in [0.15, 0.2) is 71.6 Å². The third-order valence-electron chi connectivity index (χ3n) is 6.32. The third kappa shape index (κ3) is 5.20. The molecule has 33 heavy (non-hydrogen) atoms. The summed E-state index contributed by atoms with van der Waals surface area (Å²) in [5.41, 5.74) is 1.06. The Morgan fingerprint density at radius 3 is 2.39 bits per heavy atom. The van der Waals surface area contributed by atoms with Gasteiger partial charge in [-0.05, 0) is 54.3 Å². The molecule has 0 atom stereocenters. The van der Waals surface area contributed by atoms with E-state index in [0.717, 1.165) is 22.1 Å². The second kappa shape index (κ2) is 9.93. The van der Waals surface area contributed by atoms with E-state index in [1.165, 1.54) is 4.31 Å². The molecule has 6 nitrogen and oxygen atoms in total. The van der Waals surface area contributed by atoms with Gasteiger partial charge in [0.2, 0.25) is 15.9 Å². The van der Waals surface area contributed by atoms with E-state index in [2.05, 4.69) is 0 Å². The summed E-state index contributed by atoms with van der Waals surface area (Å²) in [4.78, 5) is 14.9. The van der Waals surface area contributed by atoms with Gasteiger partial charge in [0, 0.05) is 26.1 Å². The van der Waals surface area contributed by atoms with Gasteiger partial charge < -0.3 is 9.64 Å². The lowest BCUT2D eigenvalue weighted by molar-refractivity contribution is -0.135. The number of aryl methyl sites for hydroxylation is 1. The van der Waals surface area contributed by atoms with E-state index >= 15 is 0 Å². The molecule has 1 aliphatic rings. The van der Waals surface area contributed by atoms with E-state index in [1.807, 2.05) is 61.5 Å². The highest BCUT2D eigenvalue weighted by Crippen LogP contribution is 2.27. The first-order valence-electron chi connectivity index (χ1n) is 11.3. The fourth-order valence-corrected chi connectivity index (χ4v) is 5.76. The zero-order chi connectivity index (χ0) is 23.4. The largest absolute Gasteiger partial charge is 0.491 e. The Balaban J connectivity index is 1.31. The number of rotatable bonds is 7. The number of carbonyl (C=O) groups excluding carboxylic acids is 1. The maximum absolute atomic E-state index is 13.2. The van der Waals surface area contributed by atoms with Crippen molar-refractivity contribution in [3.63, 3.8) is 0 Å². The molecule has 0 saturated carbocycles. The number of amides is 1. The fraction of sp³-hybridized carbons (Fsp3) is 0.346. The van der Waals surface area contributed by atoms with Crippen LogP contribution in [0.3, 0.4) is 0 Å². The third-order valence-corrected chi connectivity index (χ3v) is 8.21.